The van der Waals surface area contributed by atoms with Crippen molar-refractivity contribution in [3.8, 4) is 5.75 Å². The Hall–Kier alpha value is -3.40. The second-order valence-electron chi connectivity index (χ2n) is 6.02. The van der Waals surface area contributed by atoms with Crippen molar-refractivity contribution >= 4 is 33.4 Å². The molecule has 0 bridgehead atoms. The van der Waals surface area contributed by atoms with Gasteiger partial charge in [0.2, 0.25) is 5.91 Å². The van der Waals surface area contributed by atoms with E-state index in [4.69, 9.17) is 4.74 Å². The van der Waals surface area contributed by atoms with Crippen LogP contribution in [0.4, 0.5) is 5.69 Å². The van der Waals surface area contributed by atoms with Crippen LogP contribution in [0.25, 0.3) is 0 Å². The molecule has 152 valence electrons. The van der Waals surface area contributed by atoms with Crippen LogP contribution in [0.1, 0.15) is 12.0 Å². The molecule has 3 rings (SSSR count). The topological polar surface area (TPSA) is 123 Å². The van der Waals surface area contributed by atoms with Crippen LogP contribution in [0.3, 0.4) is 0 Å². The van der Waals surface area contributed by atoms with Crippen molar-refractivity contribution in [2.75, 3.05) is 25.6 Å². The number of methoxy groups -OCH3 is 1. The van der Waals surface area contributed by atoms with E-state index in [0.717, 1.165) is 0 Å². The van der Waals surface area contributed by atoms with Crippen LogP contribution in [0.5, 0.6) is 5.75 Å². The summed E-state index contributed by atoms with van der Waals surface area (Å²) in [6.07, 6.45) is 0.0774. The lowest BCUT2D eigenvalue weighted by molar-refractivity contribution is -0.142. The number of nitrogens with one attached hydrogen (secondary N) is 2. The third kappa shape index (κ3) is 5.11. The molecule has 0 fully saturated rings. The molecule has 0 atom stereocenters. The van der Waals surface area contributed by atoms with Gasteiger partial charge < -0.3 is 14.8 Å². The number of ether oxygens (including phenoxy) is 2. The molecule has 29 heavy (non-hydrogen) atoms. The highest BCUT2D eigenvalue weighted by Crippen LogP contribution is 2.22. The van der Waals surface area contributed by atoms with Crippen molar-refractivity contribution in [1.29, 1.82) is 0 Å². The van der Waals surface area contributed by atoms with Gasteiger partial charge in [0.1, 0.15) is 11.6 Å². The van der Waals surface area contributed by atoms with Gasteiger partial charge in [0.25, 0.3) is 10.0 Å². The van der Waals surface area contributed by atoms with Crippen LogP contribution in [-0.4, -0.2) is 46.4 Å². The molecule has 2 aromatic carbocycles. The van der Waals surface area contributed by atoms with Gasteiger partial charge in [0.15, 0.2) is 6.61 Å². The fraction of sp³-hybridized carbons (Fsp3) is 0.211. The number of esters is 1. The second kappa shape index (κ2) is 8.74. The molecule has 0 radical (unpaired) electrons. The number of rotatable bonds is 7. The van der Waals surface area contributed by atoms with E-state index in [9.17, 15) is 18.0 Å². The predicted molar refractivity (Wildman–Crippen MR) is 105 cm³/mol. The Kier molecular flexibility index (Phi) is 6.13. The summed E-state index contributed by atoms with van der Waals surface area (Å²) in [7, 11) is -2.32. The van der Waals surface area contributed by atoms with E-state index in [1.54, 1.807) is 42.5 Å². The standard InChI is InChI=1S/C19H19N3O6S/c1-27-18(24)12-28-14-8-6-13(7-9-14)21-17(23)10-11-20-19-15-4-2-3-5-16(15)29(25,26)22-19/h2-9H,10-12H2,1H3,(H,20,22)(H,21,23). The number of carbonyl (C=O) groups is 2. The first-order valence-corrected chi connectivity index (χ1v) is 10.1. The average Bonchev–Trinajstić information content (AvgIpc) is 2.98. The van der Waals surface area contributed by atoms with Gasteiger partial charge in [-0.2, -0.15) is 0 Å². The first-order chi connectivity index (χ1) is 13.9. The number of fused-ring (bicyclic) bond motifs is 1. The molecule has 1 amide bonds. The van der Waals surface area contributed by atoms with Gasteiger partial charge in [0, 0.05) is 17.7 Å². The van der Waals surface area contributed by atoms with E-state index >= 15 is 0 Å². The van der Waals surface area contributed by atoms with Crippen LogP contribution >= 0.6 is 0 Å². The zero-order valence-corrected chi connectivity index (χ0v) is 16.4. The van der Waals surface area contributed by atoms with Gasteiger partial charge in [-0.1, -0.05) is 12.1 Å². The maximum Gasteiger partial charge on any atom is 0.343 e. The summed E-state index contributed by atoms with van der Waals surface area (Å²) in [6.45, 7) is -0.0756. The molecule has 1 heterocycles. The molecule has 2 aromatic rings. The molecular formula is C19H19N3O6S. The molecule has 10 heteroatoms. The van der Waals surface area contributed by atoms with E-state index < -0.39 is 16.0 Å². The predicted octanol–water partition coefficient (Wildman–Crippen LogP) is 1.31. The minimum absolute atomic E-state index is 0.0774. The maximum atomic E-state index is 12.1. The van der Waals surface area contributed by atoms with Crippen LogP contribution in [0.2, 0.25) is 0 Å². The number of hydrogen-bond acceptors (Lipinski definition) is 7. The largest absolute Gasteiger partial charge is 0.482 e. The number of hydrogen-bond donors (Lipinski definition) is 2. The molecule has 0 saturated heterocycles. The molecule has 0 spiro atoms. The summed E-state index contributed by atoms with van der Waals surface area (Å²) >= 11 is 0. The normalized spacial score (nSPS) is 15.3. The Balaban J connectivity index is 1.52. The molecule has 0 saturated carbocycles. The molecule has 0 aliphatic carbocycles. The molecular weight excluding hydrogens is 398 g/mol. The van der Waals surface area contributed by atoms with E-state index in [2.05, 4.69) is 19.8 Å². The Labute approximate surface area is 167 Å². The quantitative estimate of drug-likeness (QED) is 0.655. The van der Waals surface area contributed by atoms with Crippen LogP contribution in [0, 0.1) is 0 Å². The van der Waals surface area contributed by atoms with Gasteiger partial charge in [-0.15, -0.1) is 0 Å². The van der Waals surface area contributed by atoms with Crippen molar-refractivity contribution in [3.63, 3.8) is 0 Å². The van der Waals surface area contributed by atoms with Crippen molar-refractivity contribution in [3.05, 3.63) is 54.1 Å². The first-order valence-electron chi connectivity index (χ1n) is 8.65. The minimum Gasteiger partial charge on any atom is -0.482 e. The highest BCUT2D eigenvalue weighted by atomic mass is 32.2. The summed E-state index contributed by atoms with van der Waals surface area (Å²) in [5.41, 5.74) is 1.05. The molecule has 2 N–H and O–H groups in total. The SMILES string of the molecule is COC(=O)COc1ccc(NC(=O)CCN=C2NS(=O)(=O)c3ccccc32)cc1. The summed E-state index contributed by atoms with van der Waals surface area (Å²) in [5.74, 6) is -0.0598. The molecule has 1 aliphatic rings. The fourth-order valence-electron chi connectivity index (χ4n) is 2.58. The van der Waals surface area contributed by atoms with Crippen molar-refractivity contribution in [2.24, 2.45) is 4.99 Å². The number of aliphatic imine (C=N–C) groups is 1. The highest BCUT2D eigenvalue weighted by molar-refractivity contribution is 7.90. The number of anilines is 1. The lowest BCUT2D eigenvalue weighted by atomic mass is 10.2. The van der Waals surface area contributed by atoms with Gasteiger partial charge in [0.05, 0.1) is 18.6 Å². The Morgan fingerprint density at radius 2 is 1.83 bits per heavy atom. The Bertz CT molecular complexity index is 1050. The summed E-state index contributed by atoms with van der Waals surface area (Å²) < 4.78 is 36.1. The summed E-state index contributed by atoms with van der Waals surface area (Å²) in [5, 5.41) is 2.71. The number of amidine groups is 1. The zero-order valence-electron chi connectivity index (χ0n) is 15.5. The number of amides is 1. The Morgan fingerprint density at radius 1 is 1.10 bits per heavy atom. The fourth-order valence-corrected chi connectivity index (χ4v) is 3.83. The van der Waals surface area contributed by atoms with Gasteiger partial charge in [-0.25, -0.2) is 13.2 Å². The number of carbonyl (C=O) groups excluding carboxylic acids is 2. The molecule has 0 unspecified atom stereocenters. The zero-order chi connectivity index (χ0) is 20.9. The summed E-state index contributed by atoms with van der Waals surface area (Å²) in [6, 6.07) is 13.0. The van der Waals surface area contributed by atoms with Gasteiger partial charge in [-0.3, -0.25) is 14.5 Å². The van der Waals surface area contributed by atoms with Crippen LogP contribution < -0.4 is 14.8 Å². The van der Waals surface area contributed by atoms with E-state index in [1.807, 2.05) is 0 Å². The third-order valence-electron chi connectivity index (χ3n) is 3.99. The van der Waals surface area contributed by atoms with Crippen molar-refractivity contribution in [1.82, 2.24) is 4.72 Å². The maximum absolute atomic E-state index is 12.1. The highest BCUT2D eigenvalue weighted by Gasteiger charge is 2.29. The Morgan fingerprint density at radius 3 is 2.55 bits per heavy atom. The first kappa shape index (κ1) is 20.3. The second-order valence-corrected chi connectivity index (χ2v) is 7.67. The smallest absolute Gasteiger partial charge is 0.343 e. The molecule has 0 aromatic heterocycles. The van der Waals surface area contributed by atoms with Gasteiger partial charge >= 0.3 is 5.97 Å². The number of nitrogens with zero attached hydrogens (tertiary/aromatic N) is 1. The monoisotopic (exact) mass is 417 g/mol. The van der Waals surface area contributed by atoms with Crippen LogP contribution in [0.15, 0.2) is 58.4 Å². The number of benzene rings is 2. The average molecular weight is 417 g/mol. The van der Waals surface area contributed by atoms with E-state index in [1.165, 1.54) is 13.2 Å². The van der Waals surface area contributed by atoms with Crippen LogP contribution in [-0.2, 0) is 24.3 Å². The lowest BCUT2D eigenvalue weighted by Crippen LogP contribution is -2.23. The van der Waals surface area contributed by atoms with Crippen molar-refractivity contribution in [2.45, 2.75) is 11.3 Å². The minimum atomic E-state index is -3.59. The van der Waals surface area contributed by atoms with Gasteiger partial charge in [-0.05, 0) is 36.4 Å². The third-order valence-corrected chi connectivity index (χ3v) is 5.39. The lowest BCUT2D eigenvalue weighted by Gasteiger charge is -2.07. The summed E-state index contributed by atoms with van der Waals surface area (Å²) in [4.78, 5) is 27.5. The van der Waals surface area contributed by atoms with Crippen molar-refractivity contribution < 1.29 is 27.5 Å². The van der Waals surface area contributed by atoms with E-state index in [-0.39, 0.29) is 36.2 Å². The molecule has 9 nitrogen and oxygen atoms in total. The number of sulfonamides is 1. The molecule has 1 aliphatic heterocycles. The van der Waals surface area contributed by atoms with E-state index in [0.29, 0.717) is 17.0 Å².